The maximum atomic E-state index is 2.36. The highest BCUT2D eigenvalue weighted by molar-refractivity contribution is 6.74. The average Bonchev–Trinajstić information content (AvgIpc) is 2.29. The van der Waals surface area contributed by atoms with Crippen molar-refractivity contribution in [3.8, 4) is 0 Å². The zero-order chi connectivity index (χ0) is 12.0. The number of benzene rings is 1. The van der Waals surface area contributed by atoms with Crippen LogP contribution in [0.4, 0.5) is 5.69 Å². The molecule has 0 aromatic heterocycles. The molecule has 0 heterocycles. The Labute approximate surface area is 105 Å². The van der Waals surface area contributed by atoms with E-state index in [1.54, 1.807) is 4.43 Å². The summed E-state index contributed by atoms with van der Waals surface area (Å²) in [7, 11) is 4.31. The van der Waals surface area contributed by atoms with Gasteiger partial charge in [0.25, 0.3) is 0 Å². The molecular formula is C14H24AlN. The molecule has 0 spiro atoms. The minimum Gasteiger partial charge on any atom is -0.379 e. The molecule has 1 nitrogen and oxygen atoms in total. The summed E-state index contributed by atoms with van der Waals surface area (Å²) in [6.07, 6.45) is 2.66. The van der Waals surface area contributed by atoms with Crippen LogP contribution in [0.2, 0.25) is 10.6 Å². The van der Waals surface area contributed by atoms with Crippen molar-refractivity contribution in [2.75, 3.05) is 19.0 Å². The average molecular weight is 233 g/mol. The number of rotatable bonds is 6. The number of anilines is 1. The van der Waals surface area contributed by atoms with Gasteiger partial charge >= 0.3 is 14.1 Å². The first-order valence-corrected chi connectivity index (χ1v) is 8.68. The predicted molar refractivity (Wildman–Crippen MR) is 76.4 cm³/mol. The largest absolute Gasteiger partial charge is 0.379 e. The molecule has 0 radical (unpaired) electrons. The lowest BCUT2D eigenvalue weighted by molar-refractivity contribution is 1.01. The van der Waals surface area contributed by atoms with E-state index in [0.29, 0.717) is 0 Å². The Bertz CT molecular complexity index is 303. The van der Waals surface area contributed by atoms with Crippen molar-refractivity contribution in [1.82, 2.24) is 0 Å². The van der Waals surface area contributed by atoms with E-state index in [9.17, 15) is 0 Å². The van der Waals surface area contributed by atoms with Crippen LogP contribution in [0.3, 0.4) is 0 Å². The molecule has 0 aliphatic carbocycles. The van der Waals surface area contributed by atoms with Crippen LogP contribution < -0.4 is 9.33 Å². The second kappa shape index (κ2) is 6.99. The van der Waals surface area contributed by atoms with Gasteiger partial charge in [-0.3, -0.25) is 0 Å². The molecule has 0 bridgehead atoms. The number of hydrogen-bond donors (Lipinski definition) is 0. The first-order valence-electron chi connectivity index (χ1n) is 6.46. The van der Waals surface area contributed by atoms with Crippen LogP contribution in [-0.4, -0.2) is 28.2 Å². The van der Waals surface area contributed by atoms with Crippen LogP contribution >= 0.6 is 0 Å². The van der Waals surface area contributed by atoms with Crippen molar-refractivity contribution in [2.45, 2.75) is 37.3 Å². The summed E-state index contributed by atoms with van der Waals surface area (Å²) in [4.78, 5) is 2.26. The van der Waals surface area contributed by atoms with E-state index in [2.05, 4.69) is 57.1 Å². The molecule has 0 amide bonds. The maximum Gasteiger partial charge on any atom is 0.309 e. The molecule has 0 aliphatic heterocycles. The second-order valence-electron chi connectivity index (χ2n) is 4.73. The van der Waals surface area contributed by atoms with Gasteiger partial charge in [0.1, 0.15) is 0 Å². The summed E-state index contributed by atoms with van der Waals surface area (Å²) < 4.78 is 1.66. The monoisotopic (exact) mass is 233 g/mol. The Morgan fingerprint density at radius 1 is 1.00 bits per heavy atom. The van der Waals surface area contributed by atoms with Gasteiger partial charge in [0.15, 0.2) is 0 Å². The smallest absolute Gasteiger partial charge is 0.309 e. The lowest BCUT2D eigenvalue weighted by Gasteiger charge is -2.21. The lowest BCUT2D eigenvalue weighted by Crippen LogP contribution is -2.34. The van der Waals surface area contributed by atoms with Gasteiger partial charge in [-0.2, -0.15) is 0 Å². The molecule has 0 unspecified atom stereocenters. The van der Waals surface area contributed by atoms with Crippen molar-refractivity contribution in [2.24, 2.45) is 0 Å². The van der Waals surface area contributed by atoms with Crippen LogP contribution in [0.1, 0.15) is 26.7 Å². The zero-order valence-electron chi connectivity index (χ0n) is 11.2. The normalized spacial score (nSPS) is 10.2. The van der Waals surface area contributed by atoms with Crippen LogP contribution in [0, 0.1) is 0 Å². The molecule has 0 saturated carbocycles. The third-order valence-corrected chi connectivity index (χ3v) is 7.05. The minimum absolute atomic E-state index is 0.729. The van der Waals surface area contributed by atoms with Gasteiger partial charge in [0.2, 0.25) is 0 Å². The van der Waals surface area contributed by atoms with Gasteiger partial charge in [0.05, 0.1) is 0 Å². The van der Waals surface area contributed by atoms with Crippen molar-refractivity contribution in [3.63, 3.8) is 0 Å². The SMILES string of the molecule is CC[CH2][Al]([CH2]CC)[c]1ccccc1N(C)C. The second-order valence-corrected chi connectivity index (χ2v) is 7.90. The lowest BCUT2D eigenvalue weighted by atomic mass is 10.3. The molecular weight excluding hydrogens is 209 g/mol. The zero-order valence-corrected chi connectivity index (χ0v) is 12.3. The third kappa shape index (κ3) is 3.54. The van der Waals surface area contributed by atoms with Gasteiger partial charge in [0, 0.05) is 19.8 Å². The van der Waals surface area contributed by atoms with Gasteiger partial charge in [-0.25, -0.2) is 0 Å². The topological polar surface area (TPSA) is 3.24 Å². The molecule has 2 heteroatoms. The fraction of sp³-hybridized carbons (Fsp3) is 0.571. The Morgan fingerprint density at radius 3 is 2.06 bits per heavy atom. The van der Waals surface area contributed by atoms with E-state index in [0.717, 1.165) is 0 Å². The van der Waals surface area contributed by atoms with Crippen molar-refractivity contribution >= 4 is 24.3 Å². The third-order valence-electron chi connectivity index (χ3n) is 3.13. The summed E-state index contributed by atoms with van der Waals surface area (Å²) in [5, 5.41) is 2.89. The summed E-state index contributed by atoms with van der Waals surface area (Å²) in [5.41, 5.74) is 1.45. The molecule has 0 saturated heterocycles. The molecule has 1 aromatic carbocycles. The molecule has 1 rings (SSSR count). The summed E-state index contributed by atoms with van der Waals surface area (Å²) in [6.45, 7) is 4.63. The molecule has 88 valence electrons. The standard InChI is InChI=1S/C8H10N.2C3H7.Al/c1-9(2)8-6-4-3-5-7-8;2*1-3-2;/h3-6H,1-2H3;2*1,3H2,2H3;. The first-order chi connectivity index (χ1) is 7.70. The Kier molecular flexibility index (Phi) is 5.95. The van der Waals surface area contributed by atoms with Crippen LogP contribution in [0.15, 0.2) is 24.3 Å². The van der Waals surface area contributed by atoms with Crippen molar-refractivity contribution < 1.29 is 0 Å². The molecule has 0 N–H and O–H groups in total. The number of nitrogens with zero attached hydrogens (tertiary/aromatic N) is 1. The summed E-state index contributed by atoms with van der Waals surface area (Å²) >= 11 is -0.729. The predicted octanol–water partition coefficient (Wildman–Crippen LogP) is 3.27. The molecule has 0 fully saturated rings. The highest BCUT2D eigenvalue weighted by atomic mass is 27.2. The van der Waals surface area contributed by atoms with E-state index in [1.807, 2.05) is 0 Å². The Balaban J connectivity index is 2.97. The van der Waals surface area contributed by atoms with Gasteiger partial charge < -0.3 is 4.90 Å². The van der Waals surface area contributed by atoms with E-state index >= 15 is 0 Å². The quantitative estimate of drug-likeness (QED) is 0.682. The number of hydrogen-bond acceptors (Lipinski definition) is 1. The highest BCUT2D eigenvalue weighted by Gasteiger charge is 2.20. The van der Waals surface area contributed by atoms with Crippen molar-refractivity contribution in [3.05, 3.63) is 24.3 Å². The fourth-order valence-corrected chi connectivity index (χ4v) is 5.85. The van der Waals surface area contributed by atoms with Crippen LogP contribution in [0.5, 0.6) is 0 Å². The van der Waals surface area contributed by atoms with Crippen molar-refractivity contribution in [1.29, 1.82) is 0 Å². The summed E-state index contributed by atoms with van der Waals surface area (Å²) in [5.74, 6) is 0. The van der Waals surface area contributed by atoms with Gasteiger partial charge in [-0.15, -0.1) is 0 Å². The van der Waals surface area contributed by atoms with Crippen LogP contribution in [0.25, 0.3) is 0 Å². The van der Waals surface area contributed by atoms with Crippen LogP contribution in [-0.2, 0) is 0 Å². The summed E-state index contributed by atoms with van der Waals surface area (Å²) in [6, 6.07) is 8.98. The van der Waals surface area contributed by atoms with Gasteiger partial charge in [-0.1, -0.05) is 59.9 Å². The molecule has 0 atom stereocenters. The fourth-order valence-electron chi connectivity index (χ4n) is 2.39. The maximum absolute atomic E-state index is 2.36. The molecule has 1 aromatic rings. The Morgan fingerprint density at radius 2 is 1.56 bits per heavy atom. The molecule has 16 heavy (non-hydrogen) atoms. The van der Waals surface area contributed by atoms with E-state index < -0.39 is 14.1 Å². The first kappa shape index (κ1) is 13.6. The Hall–Kier alpha value is -0.448. The highest BCUT2D eigenvalue weighted by Crippen LogP contribution is 2.14. The van der Waals surface area contributed by atoms with E-state index in [1.165, 1.54) is 29.1 Å². The van der Waals surface area contributed by atoms with Gasteiger partial charge in [-0.05, 0) is 6.07 Å². The van der Waals surface area contributed by atoms with E-state index in [4.69, 9.17) is 0 Å². The molecule has 0 aliphatic rings. The van der Waals surface area contributed by atoms with E-state index in [-0.39, 0.29) is 0 Å². The minimum atomic E-state index is -0.729. The number of para-hydroxylation sites is 1.